The van der Waals surface area contributed by atoms with Crippen LogP contribution in [-0.2, 0) is 11.3 Å². The summed E-state index contributed by atoms with van der Waals surface area (Å²) in [5, 5.41) is 10.0. The quantitative estimate of drug-likeness (QED) is 0.866. The number of hydrogen-bond acceptors (Lipinski definition) is 4. The number of β-amino-alcohol motifs (C(OH)–C–C–N with tert-alkyl or cyclic N) is 1. The zero-order chi connectivity index (χ0) is 14.8. The highest BCUT2D eigenvalue weighted by Crippen LogP contribution is 2.34. The maximum Gasteiger partial charge on any atom is 0.250 e. The molecule has 0 unspecified atom stereocenters. The highest BCUT2D eigenvalue weighted by atomic mass is 16.5. The summed E-state index contributed by atoms with van der Waals surface area (Å²) in [6, 6.07) is 5.58. The molecule has 1 saturated heterocycles. The summed E-state index contributed by atoms with van der Waals surface area (Å²) in [4.78, 5) is 14.3. The van der Waals surface area contributed by atoms with Crippen molar-refractivity contribution in [2.75, 3.05) is 32.8 Å². The van der Waals surface area contributed by atoms with Gasteiger partial charge in [-0.2, -0.15) is 0 Å². The number of aliphatic hydroxyl groups is 1. The Morgan fingerprint density at radius 3 is 3.05 bits per heavy atom. The molecule has 5 heteroatoms. The summed E-state index contributed by atoms with van der Waals surface area (Å²) < 4.78 is 7.22. The highest BCUT2D eigenvalue weighted by molar-refractivity contribution is 5.16. The van der Waals surface area contributed by atoms with Crippen LogP contribution in [-0.4, -0.2) is 53.5 Å². The summed E-state index contributed by atoms with van der Waals surface area (Å²) in [6.07, 6.45) is 0.725. The molecule has 1 aromatic heterocycles. The molecule has 2 bridgehead atoms. The molecule has 1 aromatic rings. The third kappa shape index (κ3) is 3.20. The van der Waals surface area contributed by atoms with Gasteiger partial charge in [-0.3, -0.25) is 9.69 Å². The summed E-state index contributed by atoms with van der Waals surface area (Å²) >= 11 is 0. The van der Waals surface area contributed by atoms with E-state index >= 15 is 0 Å². The molecule has 0 aromatic carbocycles. The van der Waals surface area contributed by atoms with Gasteiger partial charge in [0.2, 0.25) is 0 Å². The second-order valence-corrected chi connectivity index (χ2v) is 6.23. The molecule has 3 heterocycles. The van der Waals surface area contributed by atoms with E-state index in [1.165, 1.54) is 0 Å². The summed E-state index contributed by atoms with van der Waals surface area (Å²) in [7, 11) is 0. The SMILES string of the molecule is CCOC[C@H](O)CN1C[C@H]2C[C@H](C1)c1cccc(=O)n1C2. The van der Waals surface area contributed by atoms with Crippen LogP contribution in [0, 0.1) is 5.92 Å². The van der Waals surface area contributed by atoms with Crippen molar-refractivity contribution in [3.8, 4) is 0 Å². The first kappa shape index (κ1) is 14.8. The fourth-order valence-electron chi connectivity index (χ4n) is 3.75. The van der Waals surface area contributed by atoms with Crippen molar-refractivity contribution in [1.29, 1.82) is 0 Å². The number of aromatic nitrogens is 1. The van der Waals surface area contributed by atoms with Crippen LogP contribution in [0.15, 0.2) is 23.0 Å². The standard InChI is InChI=1S/C16H24N2O3/c1-2-21-11-14(19)10-17-7-12-6-13(9-17)15-4-3-5-16(20)18(15)8-12/h3-5,12-14,19H,2,6-11H2,1H3/t12-,13-,14-/m1/s1. The van der Waals surface area contributed by atoms with E-state index in [2.05, 4.69) is 11.0 Å². The molecule has 116 valence electrons. The van der Waals surface area contributed by atoms with Gasteiger partial charge in [0.25, 0.3) is 5.56 Å². The molecule has 0 aliphatic carbocycles. The first-order chi connectivity index (χ1) is 10.2. The Morgan fingerprint density at radius 2 is 2.24 bits per heavy atom. The van der Waals surface area contributed by atoms with Gasteiger partial charge in [0.15, 0.2) is 0 Å². The van der Waals surface area contributed by atoms with Gasteiger partial charge in [-0.05, 0) is 25.3 Å². The van der Waals surface area contributed by atoms with Crippen LogP contribution in [0.25, 0.3) is 0 Å². The lowest BCUT2D eigenvalue weighted by Crippen LogP contribution is -2.49. The van der Waals surface area contributed by atoms with Gasteiger partial charge in [0.1, 0.15) is 0 Å². The molecule has 1 fully saturated rings. The molecule has 21 heavy (non-hydrogen) atoms. The first-order valence-electron chi connectivity index (χ1n) is 7.85. The van der Waals surface area contributed by atoms with Crippen LogP contribution < -0.4 is 5.56 Å². The fourth-order valence-corrected chi connectivity index (χ4v) is 3.75. The number of nitrogens with zero attached hydrogens (tertiary/aromatic N) is 2. The number of ether oxygens (including phenoxy) is 1. The maximum atomic E-state index is 12.0. The van der Waals surface area contributed by atoms with E-state index in [0.29, 0.717) is 31.6 Å². The van der Waals surface area contributed by atoms with Gasteiger partial charge in [0, 0.05) is 50.5 Å². The van der Waals surface area contributed by atoms with Crippen molar-refractivity contribution in [2.24, 2.45) is 5.92 Å². The second kappa shape index (κ2) is 6.30. The van der Waals surface area contributed by atoms with Gasteiger partial charge < -0.3 is 14.4 Å². The molecule has 3 rings (SSSR count). The van der Waals surface area contributed by atoms with Crippen molar-refractivity contribution < 1.29 is 9.84 Å². The van der Waals surface area contributed by atoms with E-state index in [1.54, 1.807) is 6.07 Å². The molecule has 2 aliphatic heterocycles. The zero-order valence-electron chi connectivity index (χ0n) is 12.6. The van der Waals surface area contributed by atoms with Crippen molar-refractivity contribution >= 4 is 0 Å². The largest absolute Gasteiger partial charge is 0.389 e. The Kier molecular flexibility index (Phi) is 4.42. The number of likely N-dealkylation sites (tertiary alicyclic amines) is 1. The van der Waals surface area contributed by atoms with Crippen molar-refractivity contribution in [3.05, 3.63) is 34.2 Å². The van der Waals surface area contributed by atoms with E-state index in [0.717, 1.165) is 31.7 Å². The third-order valence-electron chi connectivity index (χ3n) is 4.54. The monoisotopic (exact) mass is 292 g/mol. The first-order valence-corrected chi connectivity index (χ1v) is 7.85. The molecule has 2 aliphatic rings. The van der Waals surface area contributed by atoms with Gasteiger partial charge >= 0.3 is 0 Å². The number of piperidine rings is 1. The number of pyridine rings is 1. The predicted molar refractivity (Wildman–Crippen MR) is 80.5 cm³/mol. The lowest BCUT2D eigenvalue weighted by molar-refractivity contribution is 0.00625. The van der Waals surface area contributed by atoms with Crippen LogP contribution in [0.5, 0.6) is 0 Å². The molecule has 0 saturated carbocycles. The Hall–Kier alpha value is -1.17. The Bertz CT molecular complexity index is 543. The average Bonchev–Trinajstić information content (AvgIpc) is 2.46. The molecule has 1 N–H and O–H groups in total. The second-order valence-electron chi connectivity index (χ2n) is 6.23. The normalized spacial score (nSPS) is 26.4. The van der Waals surface area contributed by atoms with Crippen LogP contribution in [0.1, 0.15) is 25.0 Å². The molecule has 0 radical (unpaired) electrons. The number of hydrogen-bond donors (Lipinski definition) is 1. The highest BCUT2D eigenvalue weighted by Gasteiger charge is 2.34. The third-order valence-corrected chi connectivity index (χ3v) is 4.54. The Balaban J connectivity index is 1.69. The van der Waals surface area contributed by atoms with E-state index in [9.17, 15) is 9.90 Å². The lowest BCUT2D eigenvalue weighted by Gasteiger charge is -2.43. The lowest BCUT2D eigenvalue weighted by atomic mass is 9.83. The van der Waals surface area contributed by atoms with Crippen LogP contribution in [0.3, 0.4) is 0 Å². The van der Waals surface area contributed by atoms with E-state index in [1.807, 2.05) is 17.6 Å². The minimum Gasteiger partial charge on any atom is -0.389 e. The van der Waals surface area contributed by atoms with Crippen LogP contribution in [0.2, 0.25) is 0 Å². The number of rotatable bonds is 5. The molecule has 5 nitrogen and oxygen atoms in total. The van der Waals surface area contributed by atoms with E-state index < -0.39 is 6.10 Å². The Labute approximate surface area is 125 Å². The Morgan fingerprint density at radius 1 is 1.38 bits per heavy atom. The van der Waals surface area contributed by atoms with Gasteiger partial charge in [-0.1, -0.05) is 6.07 Å². The number of fused-ring (bicyclic) bond motifs is 4. The molecule has 0 amide bonds. The van der Waals surface area contributed by atoms with Crippen molar-refractivity contribution in [1.82, 2.24) is 9.47 Å². The molecule has 0 spiro atoms. The van der Waals surface area contributed by atoms with Gasteiger partial charge in [-0.25, -0.2) is 0 Å². The molecular formula is C16H24N2O3. The summed E-state index contributed by atoms with van der Waals surface area (Å²) in [5.41, 5.74) is 1.27. The molecular weight excluding hydrogens is 268 g/mol. The topological polar surface area (TPSA) is 54.7 Å². The number of aliphatic hydroxyl groups excluding tert-OH is 1. The summed E-state index contributed by atoms with van der Waals surface area (Å²) in [5.74, 6) is 0.918. The molecule has 3 atom stereocenters. The van der Waals surface area contributed by atoms with Crippen LogP contribution in [0.4, 0.5) is 0 Å². The fraction of sp³-hybridized carbons (Fsp3) is 0.688. The minimum atomic E-state index is -0.429. The smallest absolute Gasteiger partial charge is 0.250 e. The summed E-state index contributed by atoms with van der Waals surface area (Å²) in [6.45, 7) is 6.32. The van der Waals surface area contributed by atoms with Gasteiger partial charge in [0.05, 0.1) is 12.7 Å². The maximum absolute atomic E-state index is 12.0. The van der Waals surface area contributed by atoms with E-state index in [4.69, 9.17) is 4.74 Å². The van der Waals surface area contributed by atoms with E-state index in [-0.39, 0.29) is 5.56 Å². The van der Waals surface area contributed by atoms with Crippen LogP contribution >= 0.6 is 0 Å². The van der Waals surface area contributed by atoms with Gasteiger partial charge in [-0.15, -0.1) is 0 Å². The zero-order valence-corrected chi connectivity index (χ0v) is 12.6. The van der Waals surface area contributed by atoms with Crippen molar-refractivity contribution in [3.63, 3.8) is 0 Å². The minimum absolute atomic E-state index is 0.118. The predicted octanol–water partition coefficient (Wildman–Crippen LogP) is 0.665. The average molecular weight is 292 g/mol. The van der Waals surface area contributed by atoms with Crippen molar-refractivity contribution in [2.45, 2.75) is 31.9 Å².